The zero-order chi connectivity index (χ0) is 10.2. The molecule has 0 atom stereocenters. The second kappa shape index (κ2) is 7.12. The molecule has 1 aliphatic heterocycles. The van der Waals surface area contributed by atoms with Crippen LogP contribution in [0.1, 0.15) is 32.1 Å². The summed E-state index contributed by atoms with van der Waals surface area (Å²) in [6.07, 6.45) is 4.63. The van der Waals surface area contributed by atoms with E-state index in [2.05, 4.69) is 4.90 Å². The number of carboxylic acid groups (broad SMARTS) is 1. The summed E-state index contributed by atoms with van der Waals surface area (Å²) in [4.78, 5) is 12.7. The molecule has 0 aliphatic carbocycles. The highest BCUT2D eigenvalue weighted by Crippen LogP contribution is 2.14. The van der Waals surface area contributed by atoms with Crippen LogP contribution in [0, 0.1) is 0 Å². The van der Waals surface area contributed by atoms with Crippen molar-refractivity contribution in [2.75, 3.05) is 24.7 Å². The van der Waals surface area contributed by atoms with Crippen LogP contribution in [0.4, 0.5) is 0 Å². The number of rotatable bonds is 7. The molecule has 0 unspecified atom stereocenters. The Balaban J connectivity index is 1.82. The summed E-state index contributed by atoms with van der Waals surface area (Å²) in [5.41, 5.74) is 0. The monoisotopic (exact) mass is 217 g/mol. The topological polar surface area (TPSA) is 40.5 Å². The van der Waals surface area contributed by atoms with Crippen LogP contribution in [0.2, 0.25) is 0 Å². The zero-order valence-corrected chi connectivity index (χ0v) is 9.39. The van der Waals surface area contributed by atoms with Crippen LogP contribution in [0.5, 0.6) is 0 Å². The van der Waals surface area contributed by atoms with Gasteiger partial charge in [0.15, 0.2) is 0 Å². The lowest BCUT2D eigenvalue weighted by Gasteiger charge is -2.12. The van der Waals surface area contributed by atoms with Gasteiger partial charge in [0.05, 0.1) is 0 Å². The Morgan fingerprint density at radius 3 is 2.71 bits per heavy atom. The van der Waals surface area contributed by atoms with Gasteiger partial charge in [0.1, 0.15) is 0 Å². The lowest BCUT2D eigenvalue weighted by atomic mass is 10.1. The Morgan fingerprint density at radius 2 is 2.07 bits per heavy atom. The van der Waals surface area contributed by atoms with Crippen LogP contribution in [0.25, 0.3) is 0 Å². The number of unbranched alkanes of at least 4 members (excludes halogenated alkanes) is 3. The number of hydrogen-bond acceptors (Lipinski definition) is 3. The molecule has 4 heteroatoms. The highest BCUT2D eigenvalue weighted by Gasteiger charge is 2.10. The van der Waals surface area contributed by atoms with E-state index in [1.807, 2.05) is 11.8 Å². The molecule has 0 aromatic carbocycles. The van der Waals surface area contributed by atoms with Gasteiger partial charge >= 0.3 is 5.97 Å². The number of nitrogens with zero attached hydrogens (tertiary/aromatic N) is 1. The van der Waals surface area contributed by atoms with Gasteiger partial charge in [-0.2, -0.15) is 0 Å². The van der Waals surface area contributed by atoms with E-state index in [-0.39, 0.29) is 0 Å². The molecule has 3 nitrogen and oxygen atoms in total. The molecule has 1 rings (SSSR count). The number of aliphatic carboxylic acids is 1. The van der Waals surface area contributed by atoms with Gasteiger partial charge in [-0.15, -0.1) is 11.8 Å². The summed E-state index contributed by atoms with van der Waals surface area (Å²) in [5, 5.41) is 8.43. The lowest BCUT2D eigenvalue weighted by Crippen LogP contribution is -2.20. The molecule has 0 aromatic heterocycles. The van der Waals surface area contributed by atoms with Gasteiger partial charge in [-0.05, 0) is 19.4 Å². The van der Waals surface area contributed by atoms with Crippen LogP contribution < -0.4 is 0 Å². The van der Waals surface area contributed by atoms with E-state index in [0.29, 0.717) is 6.42 Å². The molecule has 0 saturated carbocycles. The predicted molar refractivity (Wildman–Crippen MR) is 59.6 cm³/mol. The highest BCUT2D eigenvalue weighted by molar-refractivity contribution is 7.99. The third-order valence-electron chi connectivity index (χ3n) is 2.44. The maximum Gasteiger partial charge on any atom is 0.303 e. The Hall–Kier alpha value is -0.220. The standard InChI is InChI=1S/C10H19NO2S/c12-10(13)5-3-1-2-4-6-11-7-8-14-9-11/h1-9H2,(H,12,13). The van der Waals surface area contributed by atoms with Gasteiger partial charge in [0.25, 0.3) is 0 Å². The summed E-state index contributed by atoms with van der Waals surface area (Å²) in [6.45, 7) is 2.43. The van der Waals surface area contributed by atoms with E-state index < -0.39 is 5.97 Å². The fourth-order valence-electron chi connectivity index (χ4n) is 1.59. The molecule has 0 radical (unpaired) electrons. The van der Waals surface area contributed by atoms with Crippen molar-refractivity contribution in [3.63, 3.8) is 0 Å². The van der Waals surface area contributed by atoms with Gasteiger partial charge in [-0.25, -0.2) is 0 Å². The van der Waals surface area contributed by atoms with Gasteiger partial charge in [-0.1, -0.05) is 12.8 Å². The summed E-state index contributed by atoms with van der Waals surface area (Å²) in [6, 6.07) is 0. The molecule has 0 spiro atoms. The first-order valence-corrected chi connectivity index (χ1v) is 6.46. The highest BCUT2D eigenvalue weighted by atomic mass is 32.2. The van der Waals surface area contributed by atoms with Crippen molar-refractivity contribution in [3.8, 4) is 0 Å². The van der Waals surface area contributed by atoms with E-state index >= 15 is 0 Å². The van der Waals surface area contributed by atoms with Crippen molar-refractivity contribution in [3.05, 3.63) is 0 Å². The maximum absolute atomic E-state index is 10.2. The maximum atomic E-state index is 10.2. The summed E-state index contributed by atoms with van der Waals surface area (Å²) >= 11 is 2.00. The van der Waals surface area contributed by atoms with Gasteiger partial charge < -0.3 is 5.11 Å². The molecule has 1 saturated heterocycles. The quantitative estimate of drug-likeness (QED) is 0.662. The minimum Gasteiger partial charge on any atom is -0.481 e. The summed E-state index contributed by atoms with van der Waals surface area (Å²) < 4.78 is 0. The Labute approximate surface area is 89.9 Å². The molecule has 0 bridgehead atoms. The molecular weight excluding hydrogens is 198 g/mol. The van der Waals surface area contributed by atoms with Crippen LogP contribution in [0.3, 0.4) is 0 Å². The molecule has 1 N–H and O–H groups in total. The van der Waals surface area contributed by atoms with Crippen molar-refractivity contribution in [1.82, 2.24) is 4.90 Å². The normalized spacial score (nSPS) is 17.4. The largest absolute Gasteiger partial charge is 0.481 e. The molecule has 14 heavy (non-hydrogen) atoms. The van der Waals surface area contributed by atoms with E-state index in [0.717, 1.165) is 12.8 Å². The molecule has 1 fully saturated rings. The first kappa shape index (κ1) is 11.9. The van der Waals surface area contributed by atoms with Crippen molar-refractivity contribution in [1.29, 1.82) is 0 Å². The minimum absolute atomic E-state index is 0.333. The first-order chi connectivity index (χ1) is 6.79. The van der Waals surface area contributed by atoms with Crippen LogP contribution in [0.15, 0.2) is 0 Å². The van der Waals surface area contributed by atoms with Crippen LogP contribution in [-0.2, 0) is 4.79 Å². The summed E-state index contributed by atoms with van der Waals surface area (Å²) in [7, 11) is 0. The lowest BCUT2D eigenvalue weighted by molar-refractivity contribution is -0.137. The molecule has 1 aliphatic rings. The third kappa shape index (κ3) is 5.50. The second-order valence-corrected chi connectivity index (χ2v) is 4.79. The van der Waals surface area contributed by atoms with Gasteiger partial charge in [-0.3, -0.25) is 9.69 Å². The van der Waals surface area contributed by atoms with Gasteiger partial charge in [0.2, 0.25) is 0 Å². The third-order valence-corrected chi connectivity index (χ3v) is 3.46. The first-order valence-electron chi connectivity index (χ1n) is 5.31. The zero-order valence-electron chi connectivity index (χ0n) is 8.57. The van der Waals surface area contributed by atoms with E-state index in [1.54, 1.807) is 0 Å². The van der Waals surface area contributed by atoms with Crippen molar-refractivity contribution in [2.24, 2.45) is 0 Å². The van der Waals surface area contributed by atoms with E-state index in [4.69, 9.17) is 5.11 Å². The number of hydrogen-bond donors (Lipinski definition) is 1. The van der Waals surface area contributed by atoms with Gasteiger partial charge in [0, 0.05) is 24.6 Å². The molecule has 1 heterocycles. The number of carboxylic acids is 1. The Morgan fingerprint density at radius 1 is 1.29 bits per heavy atom. The number of thioether (sulfide) groups is 1. The van der Waals surface area contributed by atoms with E-state index in [1.165, 1.54) is 37.6 Å². The minimum atomic E-state index is -0.666. The Bertz CT molecular complexity index is 170. The summed E-state index contributed by atoms with van der Waals surface area (Å²) in [5.74, 6) is 1.80. The number of carbonyl (C=O) groups is 1. The van der Waals surface area contributed by atoms with Crippen molar-refractivity contribution >= 4 is 17.7 Å². The molecule has 0 amide bonds. The average Bonchev–Trinajstić information content (AvgIpc) is 2.63. The molecule has 0 aromatic rings. The van der Waals surface area contributed by atoms with Crippen LogP contribution >= 0.6 is 11.8 Å². The second-order valence-electron chi connectivity index (χ2n) is 3.71. The predicted octanol–water partition coefficient (Wildman–Crippen LogP) is 2.03. The molecular formula is C10H19NO2S. The van der Waals surface area contributed by atoms with E-state index in [9.17, 15) is 4.79 Å². The smallest absolute Gasteiger partial charge is 0.303 e. The SMILES string of the molecule is O=C(O)CCCCCCN1CCSC1. The molecule has 82 valence electrons. The fourth-order valence-corrected chi connectivity index (χ4v) is 2.63. The Kier molecular flexibility index (Phi) is 6.03. The van der Waals surface area contributed by atoms with Crippen molar-refractivity contribution < 1.29 is 9.90 Å². The van der Waals surface area contributed by atoms with Crippen molar-refractivity contribution in [2.45, 2.75) is 32.1 Å². The van der Waals surface area contributed by atoms with Crippen LogP contribution in [-0.4, -0.2) is 40.7 Å². The fraction of sp³-hybridized carbons (Fsp3) is 0.900. The average molecular weight is 217 g/mol.